The summed E-state index contributed by atoms with van der Waals surface area (Å²) >= 11 is 0. The molecule has 1 aromatic carbocycles. The van der Waals surface area contributed by atoms with Crippen LogP contribution >= 0.6 is 0 Å². The highest BCUT2D eigenvalue weighted by molar-refractivity contribution is 5.97. The molecule has 0 aliphatic carbocycles. The predicted octanol–water partition coefficient (Wildman–Crippen LogP) is 3.26. The largest absolute Gasteiger partial charge is 0.353 e. The molecule has 0 atom stereocenters. The lowest BCUT2D eigenvalue weighted by Crippen LogP contribution is -2.49. The number of aryl methyl sites for hydroxylation is 1. The molecule has 1 saturated heterocycles. The first-order valence-corrected chi connectivity index (χ1v) is 8.27. The van der Waals surface area contributed by atoms with Gasteiger partial charge >= 0.3 is 0 Å². The number of amides is 2. The lowest BCUT2D eigenvalue weighted by molar-refractivity contribution is -0.123. The van der Waals surface area contributed by atoms with Gasteiger partial charge in [0.1, 0.15) is 0 Å². The second kappa shape index (κ2) is 11.8. The van der Waals surface area contributed by atoms with E-state index >= 15 is 0 Å². The summed E-state index contributed by atoms with van der Waals surface area (Å²) in [5, 5.41) is 2.70. The summed E-state index contributed by atoms with van der Waals surface area (Å²) in [7, 11) is 0. The van der Waals surface area contributed by atoms with E-state index in [9.17, 15) is 9.59 Å². The normalized spacial score (nSPS) is 13.1. The maximum atomic E-state index is 12.1. The van der Waals surface area contributed by atoms with Crippen molar-refractivity contribution in [1.82, 2.24) is 10.2 Å². The molecule has 0 radical (unpaired) electrons. The molecule has 1 aromatic rings. The van der Waals surface area contributed by atoms with Crippen molar-refractivity contribution in [1.29, 1.82) is 0 Å². The van der Waals surface area contributed by atoms with Crippen molar-refractivity contribution >= 4 is 11.8 Å². The van der Waals surface area contributed by atoms with Crippen LogP contribution in [0, 0.1) is 0 Å². The Hall–Kier alpha value is -1.84. The molecule has 4 nitrogen and oxygen atoms in total. The van der Waals surface area contributed by atoms with Crippen molar-refractivity contribution in [3.8, 4) is 0 Å². The summed E-state index contributed by atoms with van der Waals surface area (Å²) in [6.07, 6.45) is 2.21. The van der Waals surface area contributed by atoms with Gasteiger partial charge in [-0.3, -0.25) is 9.59 Å². The maximum absolute atomic E-state index is 12.1. The Morgan fingerprint density at radius 2 is 1.68 bits per heavy atom. The molecule has 1 aliphatic rings. The molecule has 124 valence electrons. The van der Waals surface area contributed by atoms with E-state index in [-0.39, 0.29) is 18.4 Å². The molecule has 1 N–H and O–H groups in total. The average Bonchev–Trinajstić information content (AvgIpc) is 2.57. The molecule has 0 saturated carbocycles. The number of benzene rings is 1. The standard InChI is InChI=1S/C13H16N2O2.C3H8.C2H6/c1-2-10-3-5-11(6-4-10)13(17)15-8-7-14-12(16)9-15;1-3-2;1-2/h3-6H,2,7-9H2,1H3,(H,14,16);3H2,1-2H3;1-2H3. The third kappa shape index (κ3) is 6.74. The monoisotopic (exact) mass is 306 g/mol. The van der Waals surface area contributed by atoms with E-state index in [1.54, 1.807) is 4.90 Å². The number of rotatable bonds is 2. The summed E-state index contributed by atoms with van der Waals surface area (Å²) in [5.41, 5.74) is 1.86. The second-order valence-corrected chi connectivity index (χ2v) is 4.83. The van der Waals surface area contributed by atoms with Gasteiger partial charge in [0.05, 0.1) is 6.54 Å². The third-order valence-electron chi connectivity index (χ3n) is 2.93. The van der Waals surface area contributed by atoms with Crippen LogP contribution in [0.15, 0.2) is 24.3 Å². The van der Waals surface area contributed by atoms with E-state index in [2.05, 4.69) is 26.1 Å². The number of carbonyl (C=O) groups excluding carboxylic acids is 2. The van der Waals surface area contributed by atoms with Crippen LogP contribution in [0.1, 0.15) is 57.0 Å². The van der Waals surface area contributed by atoms with Crippen molar-refractivity contribution < 1.29 is 9.59 Å². The minimum absolute atomic E-state index is 0.0671. The zero-order chi connectivity index (χ0) is 17.0. The minimum Gasteiger partial charge on any atom is -0.353 e. The number of piperazine rings is 1. The van der Waals surface area contributed by atoms with E-state index in [1.807, 2.05) is 38.1 Å². The van der Waals surface area contributed by atoms with Crippen molar-refractivity contribution in [2.24, 2.45) is 0 Å². The topological polar surface area (TPSA) is 49.4 Å². The van der Waals surface area contributed by atoms with Crippen LogP contribution in [0.2, 0.25) is 0 Å². The Labute approximate surface area is 134 Å². The maximum Gasteiger partial charge on any atom is 0.254 e. The summed E-state index contributed by atoms with van der Waals surface area (Å²) in [5.74, 6) is -0.155. The minimum atomic E-state index is -0.0882. The fourth-order valence-corrected chi connectivity index (χ4v) is 1.88. The van der Waals surface area contributed by atoms with Crippen molar-refractivity contribution in [2.75, 3.05) is 19.6 Å². The van der Waals surface area contributed by atoms with Gasteiger partial charge in [0, 0.05) is 18.7 Å². The molecule has 4 heteroatoms. The van der Waals surface area contributed by atoms with E-state index in [0.29, 0.717) is 18.7 Å². The van der Waals surface area contributed by atoms with Crippen LogP contribution < -0.4 is 5.32 Å². The van der Waals surface area contributed by atoms with Gasteiger partial charge < -0.3 is 10.2 Å². The molecule has 1 heterocycles. The predicted molar refractivity (Wildman–Crippen MR) is 92.0 cm³/mol. The summed E-state index contributed by atoms with van der Waals surface area (Å²) < 4.78 is 0. The van der Waals surface area contributed by atoms with Crippen LogP contribution in [-0.4, -0.2) is 36.3 Å². The van der Waals surface area contributed by atoms with Gasteiger partial charge in [0.15, 0.2) is 0 Å². The second-order valence-electron chi connectivity index (χ2n) is 4.83. The van der Waals surface area contributed by atoms with Gasteiger partial charge in [0.2, 0.25) is 5.91 Å². The van der Waals surface area contributed by atoms with E-state index in [0.717, 1.165) is 6.42 Å². The van der Waals surface area contributed by atoms with Crippen LogP contribution in [-0.2, 0) is 11.2 Å². The Bertz CT molecular complexity index is 441. The smallest absolute Gasteiger partial charge is 0.254 e. The number of hydrogen-bond acceptors (Lipinski definition) is 2. The first kappa shape index (κ1) is 20.2. The van der Waals surface area contributed by atoms with Crippen LogP contribution in [0.5, 0.6) is 0 Å². The third-order valence-corrected chi connectivity index (χ3v) is 2.93. The van der Waals surface area contributed by atoms with Crippen molar-refractivity contribution in [3.05, 3.63) is 35.4 Å². The molecule has 0 spiro atoms. The molecule has 0 aromatic heterocycles. The van der Waals surface area contributed by atoms with Crippen molar-refractivity contribution in [3.63, 3.8) is 0 Å². The summed E-state index contributed by atoms with van der Waals surface area (Å²) in [6, 6.07) is 7.57. The lowest BCUT2D eigenvalue weighted by atomic mass is 10.1. The fourth-order valence-electron chi connectivity index (χ4n) is 1.88. The highest BCUT2D eigenvalue weighted by Crippen LogP contribution is 2.09. The molecule has 0 bridgehead atoms. The quantitative estimate of drug-likeness (QED) is 0.911. The van der Waals surface area contributed by atoms with Gasteiger partial charge in [-0.2, -0.15) is 0 Å². The summed E-state index contributed by atoms with van der Waals surface area (Å²) in [4.78, 5) is 24.9. The van der Waals surface area contributed by atoms with Gasteiger partial charge in [-0.25, -0.2) is 0 Å². The van der Waals surface area contributed by atoms with E-state index in [1.165, 1.54) is 12.0 Å². The number of nitrogens with zero attached hydrogens (tertiary/aromatic N) is 1. The Balaban J connectivity index is 0.000000789. The van der Waals surface area contributed by atoms with Crippen LogP contribution in [0.3, 0.4) is 0 Å². The van der Waals surface area contributed by atoms with Gasteiger partial charge in [-0.15, -0.1) is 0 Å². The number of nitrogens with one attached hydrogen (secondary N) is 1. The van der Waals surface area contributed by atoms with Gasteiger partial charge in [-0.1, -0.05) is 53.2 Å². The Morgan fingerprint density at radius 3 is 2.14 bits per heavy atom. The summed E-state index contributed by atoms with van der Waals surface area (Å²) in [6.45, 7) is 11.6. The highest BCUT2D eigenvalue weighted by Gasteiger charge is 2.21. The molecule has 1 aliphatic heterocycles. The molecule has 2 amide bonds. The zero-order valence-corrected chi connectivity index (χ0v) is 14.6. The highest BCUT2D eigenvalue weighted by atomic mass is 16.2. The van der Waals surface area contributed by atoms with E-state index in [4.69, 9.17) is 0 Å². The SMILES string of the molecule is CC.CCC.CCc1ccc(C(=O)N2CCNC(=O)C2)cc1. The first-order chi connectivity index (χ1) is 10.6. The lowest BCUT2D eigenvalue weighted by Gasteiger charge is -2.26. The van der Waals surface area contributed by atoms with Crippen molar-refractivity contribution in [2.45, 2.75) is 47.5 Å². The van der Waals surface area contributed by atoms with E-state index < -0.39 is 0 Å². The van der Waals surface area contributed by atoms with Gasteiger partial charge in [-0.05, 0) is 24.1 Å². The Morgan fingerprint density at radius 1 is 1.14 bits per heavy atom. The zero-order valence-electron chi connectivity index (χ0n) is 14.6. The number of hydrogen-bond donors (Lipinski definition) is 1. The molecular weight excluding hydrogens is 276 g/mol. The van der Waals surface area contributed by atoms with Crippen LogP contribution in [0.4, 0.5) is 0 Å². The fraction of sp³-hybridized carbons (Fsp3) is 0.556. The average molecular weight is 306 g/mol. The Kier molecular flexibility index (Phi) is 10.8. The molecule has 1 fully saturated rings. The first-order valence-electron chi connectivity index (χ1n) is 8.27. The molecule has 22 heavy (non-hydrogen) atoms. The molecular formula is C18H30N2O2. The molecule has 2 rings (SSSR count). The van der Waals surface area contributed by atoms with Gasteiger partial charge in [0.25, 0.3) is 5.91 Å². The number of carbonyl (C=O) groups is 2. The van der Waals surface area contributed by atoms with Crippen LogP contribution in [0.25, 0.3) is 0 Å². The molecule has 0 unspecified atom stereocenters.